The van der Waals surface area contributed by atoms with Gasteiger partial charge in [-0.1, -0.05) is 6.07 Å². The van der Waals surface area contributed by atoms with Crippen molar-refractivity contribution in [3.63, 3.8) is 0 Å². The van der Waals surface area contributed by atoms with Gasteiger partial charge in [-0.3, -0.25) is 9.69 Å². The van der Waals surface area contributed by atoms with Crippen LogP contribution >= 0.6 is 0 Å². The molecule has 1 fully saturated rings. The predicted molar refractivity (Wildman–Crippen MR) is 107 cm³/mol. The molecule has 2 N–H and O–H groups in total. The Morgan fingerprint density at radius 2 is 2.00 bits per heavy atom. The number of rotatable bonds is 5. The molecule has 0 aromatic heterocycles. The second kappa shape index (κ2) is 8.71. The van der Waals surface area contributed by atoms with Crippen molar-refractivity contribution in [2.45, 2.75) is 31.5 Å². The average Bonchev–Trinajstić information content (AvgIpc) is 3.13. The first-order chi connectivity index (χ1) is 14.1. The van der Waals surface area contributed by atoms with Crippen molar-refractivity contribution < 1.29 is 24.1 Å². The van der Waals surface area contributed by atoms with E-state index >= 15 is 0 Å². The molecule has 0 saturated carbocycles. The van der Waals surface area contributed by atoms with E-state index in [2.05, 4.69) is 10.2 Å². The lowest BCUT2D eigenvalue weighted by Gasteiger charge is -2.27. The number of nitrogens with one attached hydrogen (secondary N) is 1. The van der Waals surface area contributed by atoms with Gasteiger partial charge < -0.3 is 24.6 Å². The van der Waals surface area contributed by atoms with Gasteiger partial charge in [0.05, 0.1) is 19.3 Å². The van der Waals surface area contributed by atoms with Gasteiger partial charge in [0.1, 0.15) is 5.75 Å². The van der Waals surface area contributed by atoms with Crippen LogP contribution < -0.4 is 19.5 Å². The lowest BCUT2D eigenvalue weighted by molar-refractivity contribution is 0.0798. The number of hydrogen-bond donors (Lipinski definition) is 2. The molecule has 1 saturated heterocycles. The smallest absolute Gasteiger partial charge is 0.251 e. The second-order valence-corrected chi connectivity index (χ2v) is 7.44. The summed E-state index contributed by atoms with van der Waals surface area (Å²) in [6, 6.07) is 12.6. The summed E-state index contributed by atoms with van der Waals surface area (Å²) in [5.74, 6) is 2.04. The van der Waals surface area contributed by atoms with E-state index in [4.69, 9.17) is 14.2 Å². The summed E-state index contributed by atoms with van der Waals surface area (Å²) < 4.78 is 16.0. The zero-order chi connectivity index (χ0) is 20.2. The molecule has 154 valence electrons. The zero-order valence-electron chi connectivity index (χ0n) is 16.5. The van der Waals surface area contributed by atoms with Gasteiger partial charge in [0.25, 0.3) is 5.91 Å². The molecule has 1 amide bonds. The maximum atomic E-state index is 12.7. The molecule has 0 aliphatic carbocycles. The van der Waals surface area contributed by atoms with E-state index in [0.717, 1.165) is 36.6 Å². The summed E-state index contributed by atoms with van der Waals surface area (Å²) in [6.07, 6.45) is 0.963. The Hall–Kier alpha value is -2.77. The Labute approximate surface area is 170 Å². The summed E-state index contributed by atoms with van der Waals surface area (Å²) in [4.78, 5) is 14.9. The number of ether oxygens (including phenoxy) is 3. The molecule has 2 aromatic carbocycles. The van der Waals surface area contributed by atoms with E-state index in [1.54, 1.807) is 31.4 Å². The van der Waals surface area contributed by atoms with E-state index in [-0.39, 0.29) is 18.7 Å². The normalized spacial score (nSPS) is 21.4. The van der Waals surface area contributed by atoms with Crippen LogP contribution in [0.1, 0.15) is 28.8 Å². The second-order valence-electron chi connectivity index (χ2n) is 7.44. The number of carbonyl (C=O) groups is 1. The minimum Gasteiger partial charge on any atom is -0.497 e. The maximum Gasteiger partial charge on any atom is 0.251 e. The fraction of sp³-hybridized carbons (Fsp3) is 0.409. The first-order valence-electron chi connectivity index (χ1n) is 9.86. The van der Waals surface area contributed by atoms with Crippen molar-refractivity contribution in [2.75, 3.05) is 27.0 Å². The summed E-state index contributed by atoms with van der Waals surface area (Å²) >= 11 is 0. The third kappa shape index (κ3) is 4.63. The minimum atomic E-state index is -0.570. The monoisotopic (exact) mass is 398 g/mol. The number of nitrogens with zero attached hydrogens (tertiary/aromatic N) is 1. The number of carbonyl (C=O) groups excluding carboxylic acids is 1. The summed E-state index contributed by atoms with van der Waals surface area (Å²) in [6.45, 7) is 2.42. The molecule has 2 aromatic rings. The molecule has 2 unspecified atom stereocenters. The third-order valence-corrected chi connectivity index (χ3v) is 5.41. The number of fused-ring (bicyclic) bond motifs is 1. The summed E-state index contributed by atoms with van der Waals surface area (Å²) in [7, 11) is 1.59. The van der Waals surface area contributed by atoms with Crippen LogP contribution in [-0.2, 0) is 6.54 Å². The van der Waals surface area contributed by atoms with E-state index in [0.29, 0.717) is 24.3 Å². The van der Waals surface area contributed by atoms with Crippen molar-refractivity contribution in [2.24, 2.45) is 0 Å². The highest BCUT2D eigenvalue weighted by molar-refractivity contribution is 5.94. The number of hydrogen-bond acceptors (Lipinski definition) is 6. The Morgan fingerprint density at radius 1 is 1.21 bits per heavy atom. The number of benzene rings is 2. The molecule has 29 heavy (non-hydrogen) atoms. The van der Waals surface area contributed by atoms with Crippen LogP contribution in [0, 0.1) is 0 Å². The number of likely N-dealkylation sites (tertiary alicyclic amines) is 1. The Bertz CT molecular complexity index is 855. The van der Waals surface area contributed by atoms with Crippen molar-refractivity contribution in [1.82, 2.24) is 10.2 Å². The molecule has 2 aliphatic rings. The molecule has 7 nitrogen and oxygen atoms in total. The van der Waals surface area contributed by atoms with Crippen LogP contribution in [0.5, 0.6) is 17.2 Å². The van der Waals surface area contributed by atoms with Crippen LogP contribution in [-0.4, -0.2) is 55.1 Å². The van der Waals surface area contributed by atoms with Crippen LogP contribution in [0.3, 0.4) is 0 Å². The van der Waals surface area contributed by atoms with Crippen LogP contribution in [0.15, 0.2) is 42.5 Å². The zero-order valence-corrected chi connectivity index (χ0v) is 16.5. The van der Waals surface area contributed by atoms with Crippen LogP contribution in [0.25, 0.3) is 0 Å². The molecule has 0 radical (unpaired) electrons. The summed E-state index contributed by atoms with van der Waals surface area (Å²) in [5, 5.41) is 13.5. The lowest BCUT2D eigenvalue weighted by Crippen LogP contribution is -2.48. The highest BCUT2D eigenvalue weighted by atomic mass is 16.7. The number of amides is 1. The first-order valence-corrected chi connectivity index (χ1v) is 9.86. The van der Waals surface area contributed by atoms with Crippen LogP contribution in [0.2, 0.25) is 0 Å². The van der Waals surface area contributed by atoms with Gasteiger partial charge in [-0.05, 0) is 61.3 Å². The average molecular weight is 398 g/mol. The molecule has 0 spiro atoms. The molecule has 2 aliphatic heterocycles. The minimum absolute atomic E-state index is 0.193. The molecular formula is C22H26N2O5. The van der Waals surface area contributed by atoms with Crippen molar-refractivity contribution in [1.29, 1.82) is 0 Å². The predicted octanol–water partition coefficient (Wildman–Crippen LogP) is 2.18. The topological polar surface area (TPSA) is 80.3 Å². The number of methoxy groups -OCH3 is 1. The Kier molecular flexibility index (Phi) is 5.87. The SMILES string of the molecule is COc1ccc(C(=O)NC2CN(Cc3ccc4c(c3)OCO4)CCCC2O)cc1. The first kappa shape index (κ1) is 19.5. The molecular weight excluding hydrogens is 372 g/mol. The Morgan fingerprint density at radius 3 is 2.79 bits per heavy atom. The maximum absolute atomic E-state index is 12.7. The van der Waals surface area contributed by atoms with E-state index in [1.165, 1.54) is 0 Å². The van der Waals surface area contributed by atoms with Crippen molar-refractivity contribution >= 4 is 5.91 Å². The van der Waals surface area contributed by atoms with Gasteiger partial charge in [0.15, 0.2) is 11.5 Å². The van der Waals surface area contributed by atoms with E-state index in [1.807, 2.05) is 18.2 Å². The largest absolute Gasteiger partial charge is 0.497 e. The third-order valence-electron chi connectivity index (χ3n) is 5.41. The molecule has 0 bridgehead atoms. The number of aliphatic hydroxyl groups excluding tert-OH is 1. The van der Waals surface area contributed by atoms with Gasteiger partial charge in [-0.25, -0.2) is 0 Å². The van der Waals surface area contributed by atoms with E-state index < -0.39 is 6.10 Å². The fourth-order valence-electron chi connectivity index (χ4n) is 3.79. The van der Waals surface area contributed by atoms with Gasteiger partial charge in [-0.2, -0.15) is 0 Å². The standard InChI is InChI=1S/C22H26N2O5/c1-27-17-7-5-16(6-8-17)22(26)23-18-13-24(10-2-3-19(18)25)12-15-4-9-20-21(11-15)29-14-28-20/h4-9,11,18-19,25H,2-3,10,12-14H2,1H3,(H,23,26). The molecule has 2 atom stereocenters. The highest BCUT2D eigenvalue weighted by Crippen LogP contribution is 2.33. The van der Waals surface area contributed by atoms with Gasteiger partial charge >= 0.3 is 0 Å². The van der Waals surface area contributed by atoms with Crippen molar-refractivity contribution in [3.8, 4) is 17.2 Å². The highest BCUT2D eigenvalue weighted by Gasteiger charge is 2.27. The number of aliphatic hydroxyl groups is 1. The van der Waals surface area contributed by atoms with Gasteiger partial charge in [0, 0.05) is 18.7 Å². The Balaban J connectivity index is 1.41. The van der Waals surface area contributed by atoms with Crippen LogP contribution in [0.4, 0.5) is 0 Å². The van der Waals surface area contributed by atoms with Crippen molar-refractivity contribution in [3.05, 3.63) is 53.6 Å². The molecule has 4 rings (SSSR count). The van der Waals surface area contributed by atoms with E-state index in [9.17, 15) is 9.90 Å². The quantitative estimate of drug-likeness (QED) is 0.804. The van der Waals surface area contributed by atoms with Gasteiger partial charge in [-0.15, -0.1) is 0 Å². The lowest BCUT2D eigenvalue weighted by atomic mass is 10.1. The molecule has 2 heterocycles. The summed E-state index contributed by atoms with van der Waals surface area (Å²) in [5.41, 5.74) is 1.66. The molecule has 7 heteroatoms. The fourth-order valence-corrected chi connectivity index (χ4v) is 3.79. The van der Waals surface area contributed by atoms with Gasteiger partial charge in [0.2, 0.25) is 6.79 Å².